The molecule has 0 aliphatic rings. The van der Waals surface area contributed by atoms with Gasteiger partial charge in [0.05, 0.1) is 39.8 Å². The molecule has 3 rings (SSSR count). The highest BCUT2D eigenvalue weighted by atomic mass is 16.5. The monoisotopic (exact) mass is 438 g/mol. The van der Waals surface area contributed by atoms with Gasteiger partial charge in [0.15, 0.2) is 11.5 Å². The van der Waals surface area contributed by atoms with E-state index in [4.69, 9.17) is 18.9 Å². The lowest BCUT2D eigenvalue weighted by Crippen LogP contribution is -2.18. The van der Waals surface area contributed by atoms with E-state index in [1.165, 1.54) is 20.4 Å². The summed E-state index contributed by atoms with van der Waals surface area (Å²) >= 11 is 0. The molecule has 0 fully saturated rings. The maximum atomic E-state index is 12.4. The highest BCUT2D eigenvalue weighted by molar-refractivity contribution is 5.94. The first-order valence-electron chi connectivity index (χ1n) is 10.0. The molecule has 1 amide bonds. The number of nitrogens with zero attached hydrogens (tertiary/aromatic N) is 2. The van der Waals surface area contributed by atoms with Crippen molar-refractivity contribution in [2.45, 2.75) is 13.3 Å². The number of rotatable bonds is 10. The van der Waals surface area contributed by atoms with Gasteiger partial charge in [0.2, 0.25) is 0 Å². The molecule has 0 bridgehead atoms. The van der Waals surface area contributed by atoms with Crippen LogP contribution >= 0.6 is 0 Å². The third kappa shape index (κ3) is 5.37. The maximum absolute atomic E-state index is 12.4. The molecule has 0 atom stereocenters. The van der Waals surface area contributed by atoms with Crippen LogP contribution in [0.5, 0.6) is 23.0 Å². The first-order chi connectivity index (χ1) is 15.6. The molecule has 9 nitrogen and oxygen atoms in total. The number of carbonyl (C=O) groups is 1. The number of aromatic amines is 1. The van der Waals surface area contributed by atoms with Crippen molar-refractivity contribution in [2.75, 3.05) is 27.9 Å². The summed E-state index contributed by atoms with van der Waals surface area (Å²) in [6.45, 7) is 2.72. The average molecular weight is 438 g/mol. The van der Waals surface area contributed by atoms with E-state index in [0.29, 0.717) is 35.1 Å². The van der Waals surface area contributed by atoms with Crippen LogP contribution in [-0.2, 0) is 0 Å². The van der Waals surface area contributed by atoms with Gasteiger partial charge in [0, 0.05) is 17.2 Å². The Labute approximate surface area is 186 Å². The topological polar surface area (TPSA) is 107 Å². The number of hydrogen-bond donors (Lipinski definition) is 2. The van der Waals surface area contributed by atoms with Crippen LogP contribution in [0.2, 0.25) is 0 Å². The molecule has 3 aromatic rings. The summed E-state index contributed by atoms with van der Waals surface area (Å²) in [5.41, 5.74) is 4.87. The van der Waals surface area contributed by atoms with Crippen LogP contribution in [0.25, 0.3) is 11.3 Å². The summed E-state index contributed by atoms with van der Waals surface area (Å²) in [6.07, 6.45) is 2.41. The molecule has 168 valence electrons. The third-order valence-corrected chi connectivity index (χ3v) is 4.55. The van der Waals surface area contributed by atoms with Gasteiger partial charge in [-0.1, -0.05) is 6.92 Å². The molecule has 0 spiro atoms. The summed E-state index contributed by atoms with van der Waals surface area (Å²) in [6, 6.07) is 12.6. The molecule has 1 heterocycles. The Bertz CT molecular complexity index is 1080. The first-order valence-corrected chi connectivity index (χ1v) is 10.0. The fourth-order valence-electron chi connectivity index (χ4n) is 2.90. The van der Waals surface area contributed by atoms with Crippen molar-refractivity contribution in [1.82, 2.24) is 15.6 Å². The number of aromatic nitrogens is 2. The molecule has 0 saturated carbocycles. The molecule has 0 unspecified atom stereocenters. The fraction of sp³-hybridized carbons (Fsp3) is 0.261. The van der Waals surface area contributed by atoms with E-state index < -0.39 is 5.91 Å². The molecule has 1 aromatic heterocycles. The van der Waals surface area contributed by atoms with Gasteiger partial charge in [-0.05, 0) is 42.8 Å². The Balaban J connectivity index is 1.67. The predicted octanol–water partition coefficient (Wildman–Crippen LogP) is 3.66. The van der Waals surface area contributed by atoms with E-state index in [2.05, 4.69) is 27.6 Å². The number of ether oxygens (including phenoxy) is 4. The van der Waals surface area contributed by atoms with Crippen molar-refractivity contribution in [3.05, 3.63) is 53.7 Å². The Hall–Kier alpha value is -4.01. The molecule has 2 aromatic carbocycles. The second-order valence-corrected chi connectivity index (χ2v) is 6.69. The quantitative estimate of drug-likeness (QED) is 0.370. The van der Waals surface area contributed by atoms with E-state index in [1.54, 1.807) is 25.3 Å². The van der Waals surface area contributed by atoms with E-state index in [9.17, 15) is 4.79 Å². The summed E-state index contributed by atoms with van der Waals surface area (Å²) in [7, 11) is 4.61. The molecule has 9 heteroatoms. The van der Waals surface area contributed by atoms with Gasteiger partial charge in [0.25, 0.3) is 5.91 Å². The second kappa shape index (κ2) is 10.9. The summed E-state index contributed by atoms with van der Waals surface area (Å²) < 4.78 is 21.5. The van der Waals surface area contributed by atoms with E-state index in [1.807, 2.05) is 24.3 Å². The van der Waals surface area contributed by atoms with Crippen molar-refractivity contribution < 1.29 is 23.7 Å². The largest absolute Gasteiger partial charge is 0.496 e. The summed E-state index contributed by atoms with van der Waals surface area (Å²) in [5.74, 6) is 1.94. The zero-order valence-corrected chi connectivity index (χ0v) is 18.5. The van der Waals surface area contributed by atoms with Crippen molar-refractivity contribution in [2.24, 2.45) is 5.10 Å². The lowest BCUT2D eigenvalue weighted by atomic mass is 10.1. The molecule has 0 aliphatic carbocycles. The number of methoxy groups -OCH3 is 3. The van der Waals surface area contributed by atoms with Crippen LogP contribution in [0, 0.1) is 0 Å². The maximum Gasteiger partial charge on any atom is 0.289 e. The highest BCUT2D eigenvalue weighted by Gasteiger charge is 2.12. The van der Waals surface area contributed by atoms with Gasteiger partial charge in [-0.2, -0.15) is 10.2 Å². The number of amides is 1. The lowest BCUT2D eigenvalue weighted by Gasteiger charge is -2.11. The van der Waals surface area contributed by atoms with Crippen molar-refractivity contribution >= 4 is 12.1 Å². The first kappa shape index (κ1) is 22.7. The van der Waals surface area contributed by atoms with Gasteiger partial charge in [-0.15, -0.1) is 0 Å². The molecule has 32 heavy (non-hydrogen) atoms. The Morgan fingerprint density at radius 2 is 1.72 bits per heavy atom. The number of nitrogens with one attached hydrogen (secondary N) is 2. The zero-order valence-electron chi connectivity index (χ0n) is 18.5. The minimum Gasteiger partial charge on any atom is -0.496 e. The van der Waals surface area contributed by atoms with Crippen molar-refractivity contribution in [3.63, 3.8) is 0 Å². The van der Waals surface area contributed by atoms with Gasteiger partial charge >= 0.3 is 0 Å². The predicted molar refractivity (Wildman–Crippen MR) is 121 cm³/mol. The van der Waals surface area contributed by atoms with Crippen LogP contribution in [0.4, 0.5) is 0 Å². The molecule has 0 saturated heterocycles. The average Bonchev–Trinajstić information content (AvgIpc) is 3.33. The SMILES string of the molecule is CCCOc1ccc(-c2cc(C(=O)NN=Cc3cc(OC)c(OC)cc3OC)[nH]n2)cc1. The second-order valence-electron chi connectivity index (χ2n) is 6.69. The van der Waals surface area contributed by atoms with Crippen LogP contribution in [0.1, 0.15) is 29.4 Å². The molecule has 0 aliphatic heterocycles. The standard InChI is InChI=1S/C23H26N4O5/c1-5-10-32-17-8-6-15(7-9-17)18-12-19(26-25-18)23(28)27-24-14-16-11-21(30-3)22(31-4)13-20(16)29-2/h6-9,11-14H,5,10H2,1-4H3,(H,25,26)(H,27,28). The molecular weight excluding hydrogens is 412 g/mol. The normalized spacial score (nSPS) is 10.8. The molecule has 2 N–H and O–H groups in total. The van der Waals surface area contributed by atoms with Gasteiger partial charge in [-0.25, -0.2) is 5.43 Å². The van der Waals surface area contributed by atoms with Gasteiger partial charge < -0.3 is 18.9 Å². The van der Waals surface area contributed by atoms with Crippen molar-refractivity contribution in [1.29, 1.82) is 0 Å². The van der Waals surface area contributed by atoms with Gasteiger partial charge in [-0.3, -0.25) is 9.89 Å². The van der Waals surface area contributed by atoms with E-state index >= 15 is 0 Å². The molecular formula is C23H26N4O5. The van der Waals surface area contributed by atoms with Crippen molar-refractivity contribution in [3.8, 4) is 34.3 Å². The number of hydrogen-bond acceptors (Lipinski definition) is 7. The third-order valence-electron chi connectivity index (χ3n) is 4.55. The number of carbonyl (C=O) groups excluding carboxylic acids is 1. The smallest absolute Gasteiger partial charge is 0.289 e. The zero-order chi connectivity index (χ0) is 22.9. The van der Waals surface area contributed by atoms with Crippen LogP contribution in [0.3, 0.4) is 0 Å². The van der Waals surface area contributed by atoms with E-state index in [0.717, 1.165) is 17.7 Å². The van der Waals surface area contributed by atoms with E-state index in [-0.39, 0.29) is 5.69 Å². The molecule has 0 radical (unpaired) electrons. The summed E-state index contributed by atoms with van der Waals surface area (Å²) in [5, 5.41) is 10.9. The van der Waals surface area contributed by atoms with Gasteiger partial charge in [0.1, 0.15) is 17.2 Å². The number of benzene rings is 2. The van der Waals surface area contributed by atoms with Crippen LogP contribution < -0.4 is 24.4 Å². The van der Waals surface area contributed by atoms with Crippen LogP contribution in [0.15, 0.2) is 47.6 Å². The Morgan fingerprint density at radius 1 is 1.03 bits per heavy atom. The Morgan fingerprint density at radius 3 is 2.38 bits per heavy atom. The van der Waals surface area contributed by atoms with Crippen LogP contribution in [-0.4, -0.2) is 50.3 Å². The minimum absolute atomic E-state index is 0.280. The fourth-order valence-corrected chi connectivity index (χ4v) is 2.90. The highest BCUT2D eigenvalue weighted by Crippen LogP contribution is 2.33. The number of H-pyrrole nitrogens is 1. The minimum atomic E-state index is -0.428. The Kier molecular flexibility index (Phi) is 7.69. The lowest BCUT2D eigenvalue weighted by molar-refractivity contribution is 0.0950. The summed E-state index contributed by atoms with van der Waals surface area (Å²) in [4.78, 5) is 12.4. The number of hydrazone groups is 1.